The number of fused-ring (bicyclic) bond motifs is 1. The Bertz CT molecular complexity index is 1210. The van der Waals surface area contributed by atoms with Crippen molar-refractivity contribution in [3.05, 3.63) is 78.1 Å². The maximum Gasteiger partial charge on any atom is 0.256 e. The highest BCUT2D eigenvalue weighted by Gasteiger charge is 2.10. The molecule has 0 radical (unpaired) electrons. The van der Waals surface area contributed by atoms with Crippen LogP contribution in [0.2, 0.25) is 0 Å². The van der Waals surface area contributed by atoms with Crippen molar-refractivity contribution in [2.75, 3.05) is 5.32 Å². The highest BCUT2D eigenvalue weighted by molar-refractivity contribution is 6.04. The van der Waals surface area contributed by atoms with Crippen LogP contribution >= 0.6 is 0 Å². The zero-order valence-corrected chi connectivity index (χ0v) is 17.6. The van der Waals surface area contributed by atoms with Crippen molar-refractivity contribution in [3.63, 3.8) is 0 Å². The third-order valence-electron chi connectivity index (χ3n) is 4.89. The van der Waals surface area contributed by atoms with Gasteiger partial charge in [-0.05, 0) is 79.7 Å². The molecule has 0 bridgehead atoms. The Morgan fingerprint density at radius 2 is 1.80 bits per heavy atom. The van der Waals surface area contributed by atoms with Crippen LogP contribution in [0.1, 0.15) is 29.8 Å². The molecule has 4 aromatic rings. The van der Waals surface area contributed by atoms with Gasteiger partial charge >= 0.3 is 0 Å². The molecule has 30 heavy (non-hydrogen) atoms. The molecule has 4 rings (SSSR count). The van der Waals surface area contributed by atoms with Crippen LogP contribution in [0, 0.1) is 6.92 Å². The van der Waals surface area contributed by atoms with Gasteiger partial charge in [-0.25, -0.2) is 4.98 Å². The lowest BCUT2D eigenvalue weighted by Crippen LogP contribution is -2.13. The van der Waals surface area contributed by atoms with E-state index >= 15 is 0 Å². The van der Waals surface area contributed by atoms with E-state index in [-0.39, 0.29) is 12.0 Å². The number of amides is 1. The van der Waals surface area contributed by atoms with E-state index < -0.39 is 0 Å². The molecule has 152 valence electrons. The number of nitrogens with one attached hydrogen (secondary N) is 1. The molecular weight excluding hydrogens is 374 g/mol. The fourth-order valence-corrected chi connectivity index (χ4v) is 3.53. The lowest BCUT2D eigenvalue weighted by Gasteiger charge is -2.10. The van der Waals surface area contributed by atoms with Gasteiger partial charge in [0.25, 0.3) is 5.91 Å². The molecule has 5 heteroatoms. The molecule has 0 saturated heterocycles. The Kier molecular flexibility index (Phi) is 5.27. The van der Waals surface area contributed by atoms with Crippen molar-refractivity contribution in [3.8, 4) is 17.0 Å². The van der Waals surface area contributed by atoms with Gasteiger partial charge in [0.05, 0.1) is 6.10 Å². The number of benzene rings is 2. The molecule has 2 heterocycles. The van der Waals surface area contributed by atoms with E-state index in [9.17, 15) is 4.79 Å². The number of anilines is 1. The fraction of sp³-hybridized carbons (Fsp3) is 0.200. The molecule has 0 unspecified atom stereocenters. The van der Waals surface area contributed by atoms with Crippen molar-refractivity contribution in [1.29, 1.82) is 0 Å². The summed E-state index contributed by atoms with van der Waals surface area (Å²) >= 11 is 0. The van der Waals surface area contributed by atoms with Crippen LogP contribution in [0.5, 0.6) is 5.75 Å². The number of carbonyl (C=O) groups excluding carboxylic acids is 1. The van der Waals surface area contributed by atoms with Crippen molar-refractivity contribution in [1.82, 2.24) is 9.55 Å². The fourth-order valence-electron chi connectivity index (χ4n) is 3.53. The summed E-state index contributed by atoms with van der Waals surface area (Å²) < 4.78 is 7.75. The number of nitrogens with zero attached hydrogens (tertiary/aromatic N) is 2. The molecule has 0 saturated carbocycles. The first-order chi connectivity index (χ1) is 14.4. The average molecular weight is 399 g/mol. The number of rotatable bonds is 5. The van der Waals surface area contributed by atoms with E-state index in [1.807, 2.05) is 27.0 Å². The highest BCUT2D eigenvalue weighted by Crippen LogP contribution is 2.27. The quantitative estimate of drug-likeness (QED) is 0.476. The normalized spacial score (nSPS) is 11.1. The summed E-state index contributed by atoms with van der Waals surface area (Å²) in [6.07, 6.45) is 3.98. The molecule has 5 nitrogen and oxygen atoms in total. The molecule has 0 fully saturated rings. The number of aryl methyl sites for hydroxylation is 2. The number of hydrogen-bond donors (Lipinski definition) is 1. The summed E-state index contributed by atoms with van der Waals surface area (Å²) in [4.78, 5) is 17.0. The Hall–Kier alpha value is -3.60. The van der Waals surface area contributed by atoms with Crippen LogP contribution in [0.3, 0.4) is 0 Å². The summed E-state index contributed by atoms with van der Waals surface area (Å²) in [5, 5.41) is 4.94. The van der Waals surface area contributed by atoms with Crippen LogP contribution in [0.15, 0.2) is 67.0 Å². The lowest BCUT2D eigenvalue weighted by molar-refractivity contribution is 0.102. The third-order valence-corrected chi connectivity index (χ3v) is 4.89. The summed E-state index contributed by atoms with van der Waals surface area (Å²) in [7, 11) is 2.04. The first kappa shape index (κ1) is 19.7. The number of pyridine rings is 1. The predicted molar refractivity (Wildman–Crippen MR) is 121 cm³/mol. The first-order valence-corrected chi connectivity index (χ1v) is 10.0. The standard InChI is InChI=1S/C25H25N3O2/c1-16(2)30-22-9-7-18(8-10-22)25(29)27-24-13-21-12-19(5-6-20(21)14-26-24)23-11-17(3)15-28(23)4/h5-16H,1-4H3,(H,26,27,29). The molecule has 0 aliphatic rings. The van der Waals surface area contributed by atoms with Crippen LogP contribution in [-0.2, 0) is 7.05 Å². The van der Waals surface area contributed by atoms with Gasteiger partial charge in [-0.3, -0.25) is 4.79 Å². The van der Waals surface area contributed by atoms with E-state index in [1.54, 1.807) is 30.5 Å². The van der Waals surface area contributed by atoms with Crippen molar-refractivity contribution < 1.29 is 9.53 Å². The highest BCUT2D eigenvalue weighted by atomic mass is 16.5. The second kappa shape index (κ2) is 8.03. The Morgan fingerprint density at radius 1 is 1.03 bits per heavy atom. The minimum Gasteiger partial charge on any atom is -0.491 e. The Labute approximate surface area is 176 Å². The van der Waals surface area contributed by atoms with Gasteiger partial charge in [-0.15, -0.1) is 0 Å². The Morgan fingerprint density at radius 3 is 2.47 bits per heavy atom. The zero-order chi connectivity index (χ0) is 21.3. The number of ether oxygens (including phenoxy) is 1. The maximum absolute atomic E-state index is 12.6. The molecule has 2 aromatic carbocycles. The molecule has 1 amide bonds. The maximum atomic E-state index is 12.6. The van der Waals surface area contributed by atoms with Crippen LogP contribution in [-0.4, -0.2) is 21.6 Å². The first-order valence-electron chi connectivity index (χ1n) is 10.0. The topological polar surface area (TPSA) is 56.1 Å². The van der Waals surface area contributed by atoms with E-state index in [1.165, 1.54) is 5.56 Å². The van der Waals surface area contributed by atoms with Gasteiger partial charge in [0, 0.05) is 36.1 Å². The monoisotopic (exact) mass is 399 g/mol. The SMILES string of the molecule is Cc1cc(-c2ccc3cnc(NC(=O)c4ccc(OC(C)C)cc4)cc3c2)n(C)c1. The minimum absolute atomic E-state index is 0.0934. The van der Waals surface area contributed by atoms with Crippen molar-refractivity contribution >= 4 is 22.5 Å². The summed E-state index contributed by atoms with van der Waals surface area (Å²) in [6, 6.07) is 17.5. The predicted octanol–water partition coefficient (Wildman–Crippen LogP) is 5.59. The van der Waals surface area contributed by atoms with Crippen molar-refractivity contribution in [2.45, 2.75) is 26.9 Å². The largest absolute Gasteiger partial charge is 0.491 e. The summed E-state index contributed by atoms with van der Waals surface area (Å²) in [6.45, 7) is 6.02. The van der Waals surface area contributed by atoms with Gasteiger partial charge in [0.1, 0.15) is 11.6 Å². The van der Waals surface area contributed by atoms with E-state index in [2.05, 4.69) is 52.3 Å². The van der Waals surface area contributed by atoms with E-state index in [0.717, 1.165) is 27.8 Å². The molecule has 0 spiro atoms. The molecule has 0 atom stereocenters. The van der Waals surface area contributed by atoms with Crippen molar-refractivity contribution in [2.24, 2.45) is 7.05 Å². The van der Waals surface area contributed by atoms with E-state index in [0.29, 0.717) is 11.4 Å². The molecule has 0 aliphatic carbocycles. The third kappa shape index (κ3) is 4.20. The molecule has 1 N–H and O–H groups in total. The number of aromatic nitrogens is 2. The Balaban J connectivity index is 1.57. The van der Waals surface area contributed by atoms with Gasteiger partial charge in [-0.1, -0.05) is 12.1 Å². The van der Waals surface area contributed by atoms with Gasteiger partial charge in [-0.2, -0.15) is 0 Å². The molecule has 2 aromatic heterocycles. The summed E-state index contributed by atoms with van der Waals surface area (Å²) in [5.41, 5.74) is 4.06. The molecule has 0 aliphatic heterocycles. The van der Waals surface area contributed by atoms with Crippen LogP contribution in [0.4, 0.5) is 5.82 Å². The lowest BCUT2D eigenvalue weighted by atomic mass is 10.1. The minimum atomic E-state index is -0.202. The van der Waals surface area contributed by atoms with Gasteiger partial charge < -0.3 is 14.6 Å². The second-order valence-electron chi connectivity index (χ2n) is 7.79. The summed E-state index contributed by atoms with van der Waals surface area (Å²) in [5.74, 6) is 1.07. The van der Waals surface area contributed by atoms with Gasteiger partial charge in [0.2, 0.25) is 0 Å². The van der Waals surface area contributed by atoms with Crippen LogP contribution in [0.25, 0.3) is 22.0 Å². The zero-order valence-electron chi connectivity index (χ0n) is 17.6. The smallest absolute Gasteiger partial charge is 0.256 e. The number of hydrogen-bond acceptors (Lipinski definition) is 3. The van der Waals surface area contributed by atoms with Crippen LogP contribution < -0.4 is 10.1 Å². The number of carbonyl (C=O) groups is 1. The molecular formula is C25H25N3O2. The second-order valence-corrected chi connectivity index (χ2v) is 7.79. The van der Waals surface area contributed by atoms with E-state index in [4.69, 9.17) is 4.74 Å². The van der Waals surface area contributed by atoms with Gasteiger partial charge in [0.15, 0.2) is 0 Å². The average Bonchev–Trinajstić information content (AvgIpc) is 3.05.